The highest BCUT2D eigenvalue weighted by Gasteiger charge is 2.08. The Labute approximate surface area is 99.5 Å². The highest BCUT2D eigenvalue weighted by Crippen LogP contribution is 2.23. The summed E-state index contributed by atoms with van der Waals surface area (Å²) in [6.07, 6.45) is 5.10. The van der Waals surface area contributed by atoms with Gasteiger partial charge in [-0.25, -0.2) is 9.97 Å². The van der Waals surface area contributed by atoms with Crippen molar-refractivity contribution in [1.29, 1.82) is 0 Å². The fourth-order valence-electron chi connectivity index (χ4n) is 1.41. The molecule has 0 spiro atoms. The van der Waals surface area contributed by atoms with Gasteiger partial charge in [0, 0.05) is 23.1 Å². The van der Waals surface area contributed by atoms with Gasteiger partial charge in [-0.15, -0.1) is 0 Å². The van der Waals surface area contributed by atoms with E-state index < -0.39 is 0 Å². The number of oxazole rings is 1. The molecule has 3 rings (SSSR count). The smallest absolute Gasteiger partial charge is 0.247 e. The van der Waals surface area contributed by atoms with Crippen LogP contribution in [0.15, 0.2) is 45.7 Å². The van der Waals surface area contributed by atoms with E-state index in [0.717, 1.165) is 15.6 Å². The quantitative estimate of drug-likeness (QED) is 0.685. The van der Waals surface area contributed by atoms with E-state index in [1.165, 1.54) is 0 Å². The molecule has 0 saturated carbocycles. The maximum Gasteiger partial charge on any atom is 0.247 e. The van der Waals surface area contributed by atoms with Crippen molar-refractivity contribution in [3.63, 3.8) is 0 Å². The molecule has 0 aliphatic carbocycles. The van der Waals surface area contributed by atoms with Crippen LogP contribution in [0.5, 0.6) is 0 Å². The Morgan fingerprint density at radius 2 is 2.19 bits per heavy atom. The number of fused-ring (bicyclic) bond motifs is 1. The first-order chi connectivity index (χ1) is 7.83. The zero-order valence-electron chi connectivity index (χ0n) is 8.09. The second kappa shape index (κ2) is 3.68. The number of nitrogens with zero attached hydrogens (tertiary/aromatic N) is 3. The van der Waals surface area contributed by atoms with Crippen molar-refractivity contribution in [2.24, 2.45) is 0 Å². The molecule has 0 aromatic carbocycles. The molecular formula is C11H6BrN3O. The lowest BCUT2D eigenvalue weighted by atomic mass is 10.3. The van der Waals surface area contributed by atoms with E-state index in [1.807, 2.05) is 18.2 Å². The van der Waals surface area contributed by atoms with Crippen LogP contribution in [0.1, 0.15) is 0 Å². The zero-order chi connectivity index (χ0) is 11.0. The molecule has 4 nitrogen and oxygen atoms in total. The first-order valence-electron chi connectivity index (χ1n) is 4.65. The molecule has 3 aromatic heterocycles. The largest absolute Gasteiger partial charge is 0.418 e. The fourth-order valence-corrected chi connectivity index (χ4v) is 1.73. The molecule has 3 heterocycles. The minimum atomic E-state index is 0.530. The summed E-state index contributed by atoms with van der Waals surface area (Å²) in [5, 5.41) is 0. The number of hydrogen-bond acceptors (Lipinski definition) is 4. The molecule has 0 N–H and O–H groups in total. The summed E-state index contributed by atoms with van der Waals surface area (Å²) in [5.74, 6) is 0.536. The van der Waals surface area contributed by atoms with Crippen molar-refractivity contribution in [1.82, 2.24) is 15.0 Å². The number of aromatic nitrogens is 3. The Kier molecular flexibility index (Phi) is 2.18. The van der Waals surface area contributed by atoms with Gasteiger partial charge >= 0.3 is 0 Å². The van der Waals surface area contributed by atoms with Crippen LogP contribution < -0.4 is 0 Å². The Hall–Kier alpha value is -1.75. The molecule has 0 fully saturated rings. The number of halogens is 1. The van der Waals surface area contributed by atoms with E-state index in [1.54, 1.807) is 18.6 Å². The van der Waals surface area contributed by atoms with Crippen LogP contribution in [-0.2, 0) is 0 Å². The van der Waals surface area contributed by atoms with Gasteiger partial charge in [-0.3, -0.25) is 4.98 Å². The van der Waals surface area contributed by atoms with E-state index in [-0.39, 0.29) is 0 Å². The van der Waals surface area contributed by atoms with Crippen LogP contribution in [0.3, 0.4) is 0 Å². The van der Waals surface area contributed by atoms with Crippen LogP contribution in [0.25, 0.3) is 22.7 Å². The van der Waals surface area contributed by atoms with Crippen LogP contribution >= 0.6 is 15.9 Å². The van der Waals surface area contributed by atoms with Crippen molar-refractivity contribution in [2.75, 3.05) is 0 Å². The third-order valence-corrected chi connectivity index (χ3v) is 2.56. The molecule has 3 aromatic rings. The van der Waals surface area contributed by atoms with Crippen LogP contribution in [0, 0.1) is 0 Å². The predicted molar refractivity (Wildman–Crippen MR) is 62.7 cm³/mol. The molecule has 0 saturated heterocycles. The predicted octanol–water partition coefficient (Wildman–Crippen LogP) is 3.05. The highest BCUT2D eigenvalue weighted by atomic mass is 79.9. The second-order valence-electron chi connectivity index (χ2n) is 3.24. The van der Waals surface area contributed by atoms with Crippen LogP contribution in [0.2, 0.25) is 0 Å². The number of hydrogen-bond donors (Lipinski definition) is 0. The molecule has 0 unspecified atom stereocenters. The lowest BCUT2D eigenvalue weighted by molar-refractivity contribution is 0.607. The minimum absolute atomic E-state index is 0.530. The highest BCUT2D eigenvalue weighted by molar-refractivity contribution is 9.10. The number of rotatable bonds is 1. The van der Waals surface area contributed by atoms with E-state index in [4.69, 9.17) is 4.42 Å². The summed E-state index contributed by atoms with van der Waals surface area (Å²) >= 11 is 3.34. The van der Waals surface area contributed by atoms with Crippen molar-refractivity contribution < 1.29 is 4.42 Å². The standard InChI is InChI=1S/C11H6BrN3O/c12-8-4-9-11(14-6-8)16-10(15-9)7-2-1-3-13-5-7/h1-6H. The minimum Gasteiger partial charge on any atom is -0.418 e. The van der Waals surface area contributed by atoms with Crippen molar-refractivity contribution in [2.45, 2.75) is 0 Å². The van der Waals surface area contributed by atoms with E-state index >= 15 is 0 Å². The maximum atomic E-state index is 5.53. The summed E-state index contributed by atoms with van der Waals surface area (Å²) in [7, 11) is 0. The molecule has 0 aliphatic heterocycles. The van der Waals surface area contributed by atoms with Gasteiger partial charge in [0.1, 0.15) is 5.52 Å². The fraction of sp³-hybridized carbons (Fsp3) is 0. The SMILES string of the molecule is Brc1cnc2oc(-c3cccnc3)nc2c1. The lowest BCUT2D eigenvalue weighted by Crippen LogP contribution is -1.77. The van der Waals surface area contributed by atoms with E-state index in [9.17, 15) is 0 Å². The Balaban J connectivity index is 2.19. The van der Waals surface area contributed by atoms with Crippen molar-refractivity contribution in [3.05, 3.63) is 41.3 Å². The topological polar surface area (TPSA) is 51.8 Å². The molecule has 78 valence electrons. The summed E-state index contributed by atoms with van der Waals surface area (Å²) < 4.78 is 6.41. The molecule has 0 aliphatic rings. The van der Waals surface area contributed by atoms with Crippen molar-refractivity contribution >= 4 is 27.2 Å². The monoisotopic (exact) mass is 275 g/mol. The van der Waals surface area contributed by atoms with Gasteiger partial charge in [-0.1, -0.05) is 0 Å². The van der Waals surface area contributed by atoms with Gasteiger partial charge in [-0.2, -0.15) is 0 Å². The molecule has 5 heteroatoms. The second-order valence-corrected chi connectivity index (χ2v) is 4.15. The normalized spacial score (nSPS) is 10.8. The molecule has 0 amide bonds. The summed E-state index contributed by atoms with van der Waals surface area (Å²) in [4.78, 5) is 12.5. The molecule has 0 bridgehead atoms. The van der Waals surface area contributed by atoms with Gasteiger partial charge in [0.05, 0.1) is 5.56 Å². The Bertz CT molecular complexity index is 636. The maximum absolute atomic E-state index is 5.53. The van der Waals surface area contributed by atoms with Gasteiger partial charge in [0.25, 0.3) is 0 Å². The van der Waals surface area contributed by atoms with Gasteiger partial charge in [-0.05, 0) is 34.1 Å². The van der Waals surface area contributed by atoms with Gasteiger partial charge in [0.2, 0.25) is 11.6 Å². The van der Waals surface area contributed by atoms with Gasteiger partial charge in [0.15, 0.2) is 0 Å². The van der Waals surface area contributed by atoms with Crippen LogP contribution in [-0.4, -0.2) is 15.0 Å². The van der Waals surface area contributed by atoms with Crippen molar-refractivity contribution in [3.8, 4) is 11.5 Å². The average Bonchev–Trinajstić information content (AvgIpc) is 2.73. The summed E-state index contributed by atoms with van der Waals surface area (Å²) in [6, 6.07) is 5.60. The van der Waals surface area contributed by atoms with Gasteiger partial charge < -0.3 is 4.42 Å². The first kappa shape index (κ1) is 9.47. The Morgan fingerprint density at radius 1 is 1.25 bits per heavy atom. The molecular weight excluding hydrogens is 270 g/mol. The average molecular weight is 276 g/mol. The lowest BCUT2D eigenvalue weighted by Gasteiger charge is -1.90. The molecule has 0 radical (unpaired) electrons. The first-order valence-corrected chi connectivity index (χ1v) is 5.45. The molecule has 16 heavy (non-hydrogen) atoms. The zero-order valence-corrected chi connectivity index (χ0v) is 9.68. The third-order valence-electron chi connectivity index (χ3n) is 2.12. The summed E-state index contributed by atoms with van der Waals surface area (Å²) in [6.45, 7) is 0. The number of pyridine rings is 2. The van der Waals surface area contributed by atoms with E-state index in [2.05, 4.69) is 30.9 Å². The van der Waals surface area contributed by atoms with E-state index in [0.29, 0.717) is 11.6 Å². The Morgan fingerprint density at radius 3 is 3.00 bits per heavy atom. The molecule has 0 atom stereocenters. The van der Waals surface area contributed by atoms with Crippen LogP contribution in [0.4, 0.5) is 0 Å². The summed E-state index contributed by atoms with van der Waals surface area (Å²) in [5.41, 5.74) is 2.10. The third kappa shape index (κ3) is 1.59.